The number of halogens is 1. The minimum atomic E-state index is 0.0427. The predicted molar refractivity (Wildman–Crippen MR) is 122 cm³/mol. The summed E-state index contributed by atoms with van der Waals surface area (Å²) in [5, 5.41) is 16.3. The van der Waals surface area contributed by atoms with Crippen LogP contribution < -0.4 is 15.8 Å². The number of aromatic nitrogens is 4. The van der Waals surface area contributed by atoms with E-state index >= 15 is 0 Å². The summed E-state index contributed by atoms with van der Waals surface area (Å²) in [5.74, 6) is 1.02. The van der Waals surface area contributed by atoms with Crippen molar-refractivity contribution in [2.24, 2.45) is 12.2 Å². The van der Waals surface area contributed by atoms with Crippen molar-refractivity contribution in [3.8, 4) is 0 Å². The molecule has 2 aromatic rings. The highest BCUT2D eigenvalue weighted by Gasteiger charge is 2.42. The number of nitrogens with one attached hydrogen (secondary N) is 2. The van der Waals surface area contributed by atoms with Crippen LogP contribution in [0.15, 0.2) is 18.6 Å². The maximum Gasteiger partial charge on any atom is 0.229 e. The van der Waals surface area contributed by atoms with Crippen LogP contribution in [0.5, 0.6) is 0 Å². The Balaban J connectivity index is 0.000000245. The van der Waals surface area contributed by atoms with E-state index in [0.717, 1.165) is 18.7 Å². The SMILES string of the molecule is Cn1cc(Nc2ncc(Cl)c(NC3COC4CCOC34)n2)cn1.NSN1CCCCC1. The van der Waals surface area contributed by atoms with Crippen LogP contribution in [-0.2, 0) is 16.5 Å². The summed E-state index contributed by atoms with van der Waals surface area (Å²) in [6.07, 6.45) is 10.3. The fourth-order valence-corrected chi connectivity index (χ4v) is 4.50. The summed E-state index contributed by atoms with van der Waals surface area (Å²) in [4.78, 5) is 8.63. The van der Waals surface area contributed by atoms with Crippen molar-refractivity contribution in [1.29, 1.82) is 0 Å². The standard InChI is InChI=1S/C14H17ClN6O2.C5H12N2S/c1-21-6-8(4-17-21)18-14-16-5-9(15)13(20-14)19-10-7-23-11-2-3-22-12(10)11;6-8-7-4-2-1-3-5-7/h4-6,10-12H,2-3,7H2,1H3,(H2,16,18,19,20);1-6H2. The van der Waals surface area contributed by atoms with E-state index in [-0.39, 0.29) is 18.2 Å². The van der Waals surface area contributed by atoms with Crippen molar-refractivity contribution >= 4 is 41.2 Å². The largest absolute Gasteiger partial charge is 0.373 e. The second-order valence-corrected chi connectivity index (χ2v) is 8.89. The molecule has 31 heavy (non-hydrogen) atoms. The van der Waals surface area contributed by atoms with Gasteiger partial charge in [0.15, 0.2) is 5.82 Å². The van der Waals surface area contributed by atoms with Gasteiger partial charge in [0.05, 0.1) is 36.8 Å². The van der Waals surface area contributed by atoms with Gasteiger partial charge in [-0.15, -0.1) is 0 Å². The van der Waals surface area contributed by atoms with Gasteiger partial charge in [-0.25, -0.2) is 9.29 Å². The fraction of sp³-hybridized carbons (Fsp3) is 0.632. The van der Waals surface area contributed by atoms with E-state index in [1.54, 1.807) is 17.1 Å². The Labute approximate surface area is 191 Å². The number of nitrogens with two attached hydrogens (primary N) is 1. The summed E-state index contributed by atoms with van der Waals surface area (Å²) < 4.78 is 15.4. The van der Waals surface area contributed by atoms with Gasteiger partial charge in [-0.3, -0.25) is 9.82 Å². The highest BCUT2D eigenvalue weighted by Crippen LogP contribution is 2.30. The molecular formula is C19H29ClN8O2S. The topological polar surface area (TPSA) is 115 Å². The fourth-order valence-electron chi connectivity index (χ4n) is 3.88. The Kier molecular flexibility index (Phi) is 7.86. The lowest BCUT2D eigenvalue weighted by atomic mass is 10.1. The van der Waals surface area contributed by atoms with Crippen molar-refractivity contribution in [2.75, 3.05) is 36.9 Å². The van der Waals surface area contributed by atoms with E-state index in [9.17, 15) is 0 Å². The molecule has 0 spiro atoms. The average Bonchev–Trinajstić information content (AvgIpc) is 3.51. The van der Waals surface area contributed by atoms with Gasteiger partial charge < -0.3 is 20.1 Å². The Morgan fingerprint density at radius 3 is 2.77 bits per heavy atom. The molecule has 5 rings (SSSR count). The van der Waals surface area contributed by atoms with Crippen LogP contribution in [0.25, 0.3) is 0 Å². The molecule has 10 nitrogen and oxygen atoms in total. The zero-order valence-electron chi connectivity index (χ0n) is 17.5. The van der Waals surface area contributed by atoms with Crippen molar-refractivity contribution < 1.29 is 9.47 Å². The van der Waals surface area contributed by atoms with Crippen LogP contribution in [0.2, 0.25) is 5.02 Å². The van der Waals surface area contributed by atoms with Gasteiger partial charge in [-0.05, 0) is 19.3 Å². The maximum atomic E-state index is 6.21. The number of rotatable bonds is 5. The molecular weight excluding hydrogens is 440 g/mol. The van der Waals surface area contributed by atoms with Crippen molar-refractivity contribution in [3.05, 3.63) is 23.6 Å². The molecule has 0 radical (unpaired) electrons. The summed E-state index contributed by atoms with van der Waals surface area (Å²) in [6.45, 7) is 3.68. The number of nitrogens with zero attached hydrogens (tertiary/aromatic N) is 5. The molecule has 0 aromatic carbocycles. The third-order valence-electron chi connectivity index (χ3n) is 5.46. The number of aryl methyl sites for hydroxylation is 1. The van der Waals surface area contributed by atoms with Crippen LogP contribution in [-0.4, -0.2) is 68.6 Å². The normalized spacial score (nSPS) is 25.6. The number of ether oxygens (including phenoxy) is 2. The number of hydrogen-bond donors (Lipinski definition) is 3. The van der Waals surface area contributed by atoms with Crippen LogP contribution in [0, 0.1) is 0 Å². The Morgan fingerprint density at radius 2 is 2.06 bits per heavy atom. The quantitative estimate of drug-likeness (QED) is 0.565. The van der Waals surface area contributed by atoms with E-state index in [4.69, 9.17) is 26.2 Å². The Bertz CT molecular complexity index is 850. The first-order chi connectivity index (χ1) is 15.1. The molecule has 2 aromatic heterocycles. The zero-order chi connectivity index (χ0) is 21.6. The maximum absolute atomic E-state index is 6.21. The molecule has 3 saturated heterocycles. The molecule has 3 aliphatic rings. The summed E-state index contributed by atoms with van der Waals surface area (Å²) >= 11 is 7.59. The number of fused-ring (bicyclic) bond motifs is 1. The molecule has 170 valence electrons. The van der Waals surface area contributed by atoms with Crippen LogP contribution in [0.1, 0.15) is 25.7 Å². The van der Waals surface area contributed by atoms with E-state index in [1.807, 2.05) is 13.2 Å². The van der Waals surface area contributed by atoms with E-state index in [2.05, 4.69) is 30.0 Å². The average molecular weight is 469 g/mol. The minimum Gasteiger partial charge on any atom is -0.373 e. The molecule has 0 saturated carbocycles. The molecule has 3 fully saturated rings. The van der Waals surface area contributed by atoms with E-state index in [0.29, 0.717) is 23.4 Å². The van der Waals surface area contributed by atoms with Crippen LogP contribution >= 0.6 is 23.7 Å². The monoisotopic (exact) mass is 468 g/mol. The predicted octanol–water partition coefficient (Wildman–Crippen LogP) is 2.57. The lowest BCUT2D eigenvalue weighted by molar-refractivity contribution is 0.0718. The van der Waals surface area contributed by atoms with Crippen molar-refractivity contribution in [2.45, 2.75) is 43.9 Å². The highest BCUT2D eigenvalue weighted by molar-refractivity contribution is 7.94. The first-order valence-corrected chi connectivity index (χ1v) is 11.7. The first-order valence-electron chi connectivity index (χ1n) is 10.5. The second-order valence-electron chi connectivity index (χ2n) is 7.76. The van der Waals surface area contributed by atoms with Crippen LogP contribution in [0.3, 0.4) is 0 Å². The van der Waals surface area contributed by atoms with Gasteiger partial charge >= 0.3 is 0 Å². The van der Waals surface area contributed by atoms with Crippen LogP contribution in [0.4, 0.5) is 17.5 Å². The minimum absolute atomic E-state index is 0.0427. The van der Waals surface area contributed by atoms with Gasteiger partial charge in [-0.1, -0.05) is 18.0 Å². The third-order valence-corrected chi connectivity index (χ3v) is 6.40. The number of piperidine rings is 1. The highest BCUT2D eigenvalue weighted by atomic mass is 35.5. The number of hydrogen-bond acceptors (Lipinski definition) is 10. The van der Waals surface area contributed by atoms with Crippen molar-refractivity contribution in [1.82, 2.24) is 24.1 Å². The first kappa shape index (κ1) is 22.6. The van der Waals surface area contributed by atoms with Gasteiger partial charge in [0.1, 0.15) is 11.1 Å². The molecule has 12 heteroatoms. The molecule has 4 N–H and O–H groups in total. The second kappa shape index (κ2) is 10.8. The molecule has 0 amide bonds. The summed E-state index contributed by atoms with van der Waals surface area (Å²) in [6, 6.07) is 0.0427. The third kappa shape index (κ3) is 5.99. The van der Waals surface area contributed by atoms with Gasteiger partial charge in [0.2, 0.25) is 5.95 Å². The Morgan fingerprint density at radius 1 is 1.23 bits per heavy atom. The Hall–Kier alpha value is -1.63. The van der Waals surface area contributed by atoms with E-state index < -0.39 is 0 Å². The molecule has 3 aliphatic heterocycles. The molecule has 5 heterocycles. The lowest BCUT2D eigenvalue weighted by Crippen LogP contribution is -2.34. The zero-order valence-corrected chi connectivity index (χ0v) is 19.1. The molecule has 0 bridgehead atoms. The van der Waals surface area contributed by atoms with Gasteiger partial charge in [0.25, 0.3) is 0 Å². The molecule has 3 atom stereocenters. The smallest absolute Gasteiger partial charge is 0.229 e. The van der Waals surface area contributed by atoms with Gasteiger partial charge in [0, 0.05) is 45.1 Å². The number of anilines is 3. The summed E-state index contributed by atoms with van der Waals surface area (Å²) in [7, 11) is 1.85. The van der Waals surface area contributed by atoms with Gasteiger partial charge in [-0.2, -0.15) is 10.1 Å². The van der Waals surface area contributed by atoms with E-state index in [1.165, 1.54) is 44.5 Å². The molecule has 0 aliphatic carbocycles. The van der Waals surface area contributed by atoms with Crippen molar-refractivity contribution in [3.63, 3.8) is 0 Å². The summed E-state index contributed by atoms with van der Waals surface area (Å²) in [5.41, 5.74) is 0.809. The molecule has 3 unspecified atom stereocenters. The lowest BCUT2D eigenvalue weighted by Gasteiger charge is -2.22.